The number of benzene rings is 1. The average Bonchev–Trinajstić information content (AvgIpc) is 2.27. The Morgan fingerprint density at radius 3 is 2.38 bits per heavy atom. The molecule has 0 bridgehead atoms. The molecule has 86 valence electrons. The average molecular weight is 287 g/mol. The van der Waals surface area contributed by atoms with Crippen molar-refractivity contribution in [1.29, 1.82) is 0 Å². The topological polar surface area (TPSA) is 34.1 Å². The van der Waals surface area contributed by atoms with Gasteiger partial charge in [-0.2, -0.15) is 0 Å². The molecule has 0 radical (unpaired) electrons. The van der Waals surface area contributed by atoms with Crippen LogP contribution in [0.2, 0.25) is 0 Å². The van der Waals surface area contributed by atoms with Gasteiger partial charge in [0, 0.05) is 17.3 Å². The van der Waals surface area contributed by atoms with E-state index in [9.17, 15) is 14.0 Å². The van der Waals surface area contributed by atoms with E-state index in [1.165, 1.54) is 24.3 Å². The molecule has 0 spiro atoms. The van der Waals surface area contributed by atoms with E-state index in [1.807, 2.05) is 0 Å². The van der Waals surface area contributed by atoms with Gasteiger partial charge in [0.05, 0.1) is 6.42 Å². The second-order valence-electron chi connectivity index (χ2n) is 3.44. The molecule has 0 unspecified atom stereocenters. The summed E-state index contributed by atoms with van der Waals surface area (Å²) in [5.41, 5.74) is 0.383. The third-order valence-corrected chi connectivity index (χ3v) is 2.67. The number of carbonyl (C=O) groups excluding carboxylic acids is 2. The summed E-state index contributed by atoms with van der Waals surface area (Å²) in [7, 11) is 0. The van der Waals surface area contributed by atoms with Gasteiger partial charge < -0.3 is 0 Å². The van der Waals surface area contributed by atoms with Crippen molar-refractivity contribution < 1.29 is 14.0 Å². The number of Topliss-reactive ketones (excluding diaryl/α,β-unsaturated/α-hetero) is 2. The zero-order valence-electron chi connectivity index (χ0n) is 8.71. The van der Waals surface area contributed by atoms with Gasteiger partial charge in [-0.05, 0) is 30.7 Å². The maximum absolute atomic E-state index is 12.6. The van der Waals surface area contributed by atoms with Gasteiger partial charge in [-0.15, -0.1) is 0 Å². The van der Waals surface area contributed by atoms with Crippen molar-refractivity contribution in [3.05, 3.63) is 35.6 Å². The first-order chi connectivity index (χ1) is 7.63. The molecule has 0 fully saturated rings. The third-order valence-electron chi connectivity index (χ3n) is 2.11. The highest BCUT2D eigenvalue weighted by atomic mass is 79.9. The Morgan fingerprint density at radius 2 is 1.81 bits per heavy atom. The summed E-state index contributed by atoms with van der Waals surface area (Å²) in [6, 6.07) is 5.23. The number of ketones is 2. The minimum atomic E-state index is -0.387. The van der Waals surface area contributed by atoms with Gasteiger partial charge in [0.25, 0.3) is 0 Å². The number of halogens is 2. The van der Waals surface area contributed by atoms with E-state index in [2.05, 4.69) is 15.9 Å². The summed E-state index contributed by atoms with van der Waals surface area (Å²) < 4.78 is 12.6. The van der Waals surface area contributed by atoms with Crippen LogP contribution in [0.5, 0.6) is 0 Å². The Kier molecular flexibility index (Phi) is 5.32. The van der Waals surface area contributed by atoms with Crippen LogP contribution in [0.15, 0.2) is 24.3 Å². The van der Waals surface area contributed by atoms with Crippen molar-refractivity contribution in [1.82, 2.24) is 0 Å². The first kappa shape index (κ1) is 13.0. The van der Waals surface area contributed by atoms with Gasteiger partial charge in [-0.1, -0.05) is 15.9 Å². The van der Waals surface area contributed by atoms with E-state index < -0.39 is 0 Å². The van der Waals surface area contributed by atoms with Crippen molar-refractivity contribution in [3.8, 4) is 0 Å². The Labute approximate surface area is 102 Å². The summed E-state index contributed by atoms with van der Waals surface area (Å²) in [5.74, 6) is -0.712. The molecule has 0 N–H and O–H groups in total. The van der Waals surface area contributed by atoms with Crippen LogP contribution in [0.1, 0.15) is 29.6 Å². The van der Waals surface area contributed by atoms with Crippen LogP contribution in [0.25, 0.3) is 0 Å². The lowest BCUT2D eigenvalue weighted by molar-refractivity contribution is -0.118. The Morgan fingerprint density at radius 1 is 1.19 bits per heavy atom. The van der Waals surface area contributed by atoms with E-state index in [-0.39, 0.29) is 23.8 Å². The maximum atomic E-state index is 12.6. The summed E-state index contributed by atoms with van der Waals surface area (Å²) >= 11 is 3.22. The monoisotopic (exact) mass is 286 g/mol. The predicted molar refractivity (Wildman–Crippen MR) is 63.4 cm³/mol. The SMILES string of the molecule is O=C(CCCBr)CC(=O)c1ccc(F)cc1. The van der Waals surface area contributed by atoms with Gasteiger partial charge in [0.1, 0.15) is 11.6 Å². The number of hydrogen-bond donors (Lipinski definition) is 0. The fourth-order valence-electron chi connectivity index (χ4n) is 1.27. The molecule has 1 rings (SSSR count). The number of rotatable bonds is 6. The van der Waals surface area contributed by atoms with Crippen molar-refractivity contribution in [3.63, 3.8) is 0 Å². The number of carbonyl (C=O) groups is 2. The van der Waals surface area contributed by atoms with E-state index >= 15 is 0 Å². The lowest BCUT2D eigenvalue weighted by Gasteiger charge is -2.00. The lowest BCUT2D eigenvalue weighted by Crippen LogP contribution is -2.08. The van der Waals surface area contributed by atoms with E-state index in [1.54, 1.807) is 0 Å². The van der Waals surface area contributed by atoms with Crippen molar-refractivity contribution in [2.75, 3.05) is 5.33 Å². The molecule has 0 aliphatic rings. The normalized spacial score (nSPS) is 10.1. The van der Waals surface area contributed by atoms with Gasteiger partial charge in [0.2, 0.25) is 0 Å². The van der Waals surface area contributed by atoms with Gasteiger partial charge in [-0.25, -0.2) is 4.39 Å². The molecular weight excluding hydrogens is 275 g/mol. The molecule has 0 amide bonds. The second-order valence-corrected chi connectivity index (χ2v) is 4.23. The van der Waals surface area contributed by atoms with E-state index in [0.29, 0.717) is 12.0 Å². The minimum Gasteiger partial charge on any atom is -0.299 e. The minimum absolute atomic E-state index is 0.0752. The molecule has 0 heterocycles. The first-order valence-corrected chi connectivity index (χ1v) is 6.12. The van der Waals surface area contributed by atoms with Crippen LogP contribution in [0.3, 0.4) is 0 Å². The maximum Gasteiger partial charge on any atom is 0.170 e. The summed E-state index contributed by atoms with van der Waals surface area (Å²) in [5, 5.41) is 0.753. The Bertz CT molecular complexity index is 373. The molecule has 0 aliphatic heterocycles. The summed E-state index contributed by atoms with van der Waals surface area (Å²) in [6.07, 6.45) is 1.03. The van der Waals surface area contributed by atoms with E-state index in [4.69, 9.17) is 0 Å². The molecular formula is C12H12BrFO2. The molecule has 1 aromatic rings. The molecule has 4 heteroatoms. The lowest BCUT2D eigenvalue weighted by atomic mass is 10.0. The quantitative estimate of drug-likeness (QED) is 0.457. The Hall–Kier alpha value is -1.03. The highest BCUT2D eigenvalue weighted by Crippen LogP contribution is 2.08. The molecule has 0 aromatic heterocycles. The molecule has 0 atom stereocenters. The first-order valence-electron chi connectivity index (χ1n) is 5.00. The van der Waals surface area contributed by atoms with Crippen molar-refractivity contribution in [2.24, 2.45) is 0 Å². The number of hydrogen-bond acceptors (Lipinski definition) is 2. The van der Waals surface area contributed by atoms with Crippen molar-refractivity contribution in [2.45, 2.75) is 19.3 Å². The summed E-state index contributed by atoms with van der Waals surface area (Å²) in [6.45, 7) is 0. The van der Waals surface area contributed by atoms with Crippen LogP contribution < -0.4 is 0 Å². The third kappa shape index (κ3) is 4.23. The fourth-order valence-corrected chi connectivity index (χ4v) is 1.55. The molecule has 0 saturated heterocycles. The molecule has 0 saturated carbocycles. The van der Waals surface area contributed by atoms with Gasteiger partial charge in [-0.3, -0.25) is 9.59 Å². The second kappa shape index (κ2) is 6.53. The largest absolute Gasteiger partial charge is 0.299 e. The van der Waals surface area contributed by atoms with Crippen LogP contribution in [-0.4, -0.2) is 16.9 Å². The fraction of sp³-hybridized carbons (Fsp3) is 0.333. The molecule has 0 aliphatic carbocycles. The van der Waals surface area contributed by atoms with Gasteiger partial charge >= 0.3 is 0 Å². The zero-order valence-corrected chi connectivity index (χ0v) is 10.3. The van der Waals surface area contributed by atoms with E-state index in [0.717, 1.165) is 11.8 Å². The zero-order chi connectivity index (χ0) is 12.0. The highest BCUT2D eigenvalue weighted by molar-refractivity contribution is 9.09. The highest BCUT2D eigenvalue weighted by Gasteiger charge is 2.11. The number of alkyl halides is 1. The van der Waals surface area contributed by atoms with Crippen LogP contribution in [0.4, 0.5) is 4.39 Å². The standard InChI is InChI=1S/C12H12BrFO2/c13-7-1-2-11(15)8-12(16)9-3-5-10(14)6-4-9/h3-6H,1-2,7-8H2. The smallest absolute Gasteiger partial charge is 0.170 e. The van der Waals surface area contributed by atoms with Crippen LogP contribution in [0, 0.1) is 5.82 Å². The molecule has 1 aromatic carbocycles. The van der Waals surface area contributed by atoms with Crippen molar-refractivity contribution >= 4 is 27.5 Å². The van der Waals surface area contributed by atoms with Gasteiger partial charge in [0.15, 0.2) is 5.78 Å². The molecule has 16 heavy (non-hydrogen) atoms. The van der Waals surface area contributed by atoms with Crippen LogP contribution in [-0.2, 0) is 4.79 Å². The Balaban J connectivity index is 2.52. The summed E-state index contributed by atoms with van der Waals surface area (Å²) in [4.78, 5) is 22.9. The molecule has 2 nitrogen and oxygen atoms in total. The van der Waals surface area contributed by atoms with Crippen LogP contribution >= 0.6 is 15.9 Å². The predicted octanol–water partition coefficient (Wildman–Crippen LogP) is 3.14.